The number of nitriles is 1. The zero-order valence-electron chi connectivity index (χ0n) is 10.2. The fourth-order valence-corrected chi connectivity index (χ4v) is 1.37. The predicted octanol–water partition coefficient (Wildman–Crippen LogP) is 2.45. The van der Waals surface area contributed by atoms with Crippen LogP contribution in [0.4, 0.5) is 13.2 Å². The molecule has 5 nitrogen and oxygen atoms in total. The van der Waals surface area contributed by atoms with Gasteiger partial charge in [0.05, 0.1) is 12.2 Å². The highest BCUT2D eigenvalue weighted by atomic mass is 19.4. The highest BCUT2D eigenvalue weighted by Gasteiger charge is 2.33. The van der Waals surface area contributed by atoms with Crippen molar-refractivity contribution >= 4 is 12.3 Å². The lowest BCUT2D eigenvalue weighted by Gasteiger charge is -2.13. The first-order valence-electron chi connectivity index (χ1n) is 5.28. The third-order valence-electron chi connectivity index (χ3n) is 2.12. The maximum Gasteiger partial charge on any atom is 0.573 e. The fraction of sp³-hybridized carbons (Fsp3) is 0.250. The summed E-state index contributed by atoms with van der Waals surface area (Å²) in [7, 11) is 0. The number of ether oxygens (including phenoxy) is 2. The second-order valence-electron chi connectivity index (χ2n) is 3.43. The minimum absolute atomic E-state index is 0.0687. The van der Waals surface area contributed by atoms with Crippen molar-refractivity contribution in [2.24, 2.45) is 0 Å². The second-order valence-corrected chi connectivity index (χ2v) is 3.43. The highest BCUT2D eigenvalue weighted by Crippen LogP contribution is 2.29. The summed E-state index contributed by atoms with van der Waals surface area (Å²) in [6.45, 7) is 1.40. The Morgan fingerprint density at radius 1 is 1.45 bits per heavy atom. The second kappa shape index (κ2) is 6.06. The molecule has 0 unspecified atom stereocenters. The molecule has 8 heteroatoms. The van der Waals surface area contributed by atoms with Gasteiger partial charge in [0.1, 0.15) is 17.4 Å². The summed E-state index contributed by atoms with van der Waals surface area (Å²) in [5.74, 6) is -1.97. The van der Waals surface area contributed by atoms with E-state index in [4.69, 9.17) is 5.26 Å². The van der Waals surface area contributed by atoms with E-state index in [1.54, 1.807) is 6.07 Å². The maximum atomic E-state index is 12.3. The normalized spacial score (nSPS) is 10.6. The van der Waals surface area contributed by atoms with Crippen LogP contribution in [0.2, 0.25) is 0 Å². The molecule has 0 aliphatic heterocycles. The minimum atomic E-state index is -5.04. The van der Waals surface area contributed by atoms with Crippen molar-refractivity contribution in [1.82, 2.24) is 0 Å². The molecule has 106 valence electrons. The fourth-order valence-electron chi connectivity index (χ4n) is 1.37. The van der Waals surface area contributed by atoms with Gasteiger partial charge in [-0.05, 0) is 19.1 Å². The van der Waals surface area contributed by atoms with Crippen LogP contribution in [0.5, 0.6) is 5.75 Å². The van der Waals surface area contributed by atoms with Crippen LogP contribution in [0, 0.1) is 11.3 Å². The molecule has 0 aromatic heterocycles. The van der Waals surface area contributed by atoms with Gasteiger partial charge < -0.3 is 9.47 Å². The molecule has 0 radical (unpaired) electrons. The summed E-state index contributed by atoms with van der Waals surface area (Å²) < 4.78 is 45.0. The molecule has 1 rings (SSSR count). The minimum Gasteiger partial charge on any atom is -0.462 e. The number of hydrogen-bond acceptors (Lipinski definition) is 5. The number of rotatable bonds is 4. The number of benzene rings is 1. The third-order valence-corrected chi connectivity index (χ3v) is 2.12. The van der Waals surface area contributed by atoms with Gasteiger partial charge >= 0.3 is 12.3 Å². The molecule has 0 N–H and O–H groups in total. The van der Waals surface area contributed by atoms with Gasteiger partial charge in [-0.25, -0.2) is 4.79 Å². The summed E-state index contributed by atoms with van der Waals surface area (Å²) in [6, 6.07) is 3.03. The lowest BCUT2D eigenvalue weighted by Crippen LogP contribution is -2.20. The van der Waals surface area contributed by atoms with E-state index in [0.29, 0.717) is 6.07 Å². The van der Waals surface area contributed by atoms with Crippen molar-refractivity contribution in [2.45, 2.75) is 13.3 Å². The Balaban J connectivity index is 3.41. The molecule has 20 heavy (non-hydrogen) atoms. The van der Waals surface area contributed by atoms with E-state index < -0.39 is 23.6 Å². The van der Waals surface area contributed by atoms with Crippen LogP contribution >= 0.6 is 0 Å². The average Bonchev–Trinajstić information content (AvgIpc) is 2.36. The van der Waals surface area contributed by atoms with Crippen LogP contribution in [0.25, 0.3) is 0 Å². The van der Waals surface area contributed by atoms with Gasteiger partial charge in [-0.2, -0.15) is 5.26 Å². The number of halogens is 3. The van der Waals surface area contributed by atoms with Crippen LogP contribution in [-0.2, 0) is 4.74 Å². The van der Waals surface area contributed by atoms with Crippen LogP contribution in [0.3, 0.4) is 0 Å². The Morgan fingerprint density at radius 3 is 2.55 bits per heavy atom. The van der Waals surface area contributed by atoms with E-state index in [-0.39, 0.29) is 24.0 Å². The van der Waals surface area contributed by atoms with Crippen molar-refractivity contribution in [1.29, 1.82) is 5.26 Å². The molecule has 0 bridgehead atoms. The first-order chi connectivity index (χ1) is 9.32. The zero-order valence-corrected chi connectivity index (χ0v) is 10.2. The Kier molecular flexibility index (Phi) is 4.69. The lowest BCUT2D eigenvalue weighted by molar-refractivity contribution is -0.274. The maximum absolute atomic E-state index is 12.3. The molecular weight excluding hydrogens is 279 g/mol. The van der Waals surface area contributed by atoms with Gasteiger partial charge in [-0.15, -0.1) is 13.2 Å². The van der Waals surface area contributed by atoms with Crippen molar-refractivity contribution in [3.63, 3.8) is 0 Å². The highest BCUT2D eigenvalue weighted by molar-refractivity contribution is 5.95. The quantitative estimate of drug-likeness (QED) is 0.628. The first-order valence-corrected chi connectivity index (χ1v) is 5.28. The van der Waals surface area contributed by atoms with E-state index in [0.717, 1.165) is 6.07 Å². The summed E-state index contributed by atoms with van der Waals surface area (Å²) in [5, 5.41) is 8.74. The van der Waals surface area contributed by atoms with Gasteiger partial charge in [0, 0.05) is 5.56 Å². The van der Waals surface area contributed by atoms with E-state index >= 15 is 0 Å². The van der Waals surface area contributed by atoms with Gasteiger partial charge in [0.25, 0.3) is 0 Å². The molecule has 0 saturated heterocycles. The lowest BCUT2D eigenvalue weighted by atomic mass is 10.0. The summed E-state index contributed by atoms with van der Waals surface area (Å²) in [6.07, 6.45) is -4.80. The smallest absolute Gasteiger partial charge is 0.462 e. The molecule has 0 fully saturated rings. The van der Waals surface area contributed by atoms with Crippen LogP contribution in [0.1, 0.15) is 33.2 Å². The molecule has 1 aromatic rings. The number of aldehydes is 1. The number of carbonyl (C=O) groups excluding carboxylic acids is 2. The predicted molar refractivity (Wildman–Crippen MR) is 59.2 cm³/mol. The van der Waals surface area contributed by atoms with Gasteiger partial charge in [-0.3, -0.25) is 4.79 Å². The molecule has 0 aliphatic carbocycles. The van der Waals surface area contributed by atoms with Gasteiger partial charge in [0.2, 0.25) is 0 Å². The molecule has 0 atom stereocenters. The number of esters is 1. The number of nitrogens with zero attached hydrogens (tertiary/aromatic N) is 1. The van der Waals surface area contributed by atoms with Gasteiger partial charge in [-0.1, -0.05) is 0 Å². The van der Waals surface area contributed by atoms with Crippen molar-refractivity contribution in [3.05, 3.63) is 28.8 Å². The summed E-state index contributed by atoms with van der Waals surface area (Å²) in [4.78, 5) is 22.3. The Bertz CT molecular complexity index is 575. The SMILES string of the molecule is CCOC(=O)c1cc(C=O)c(C#N)cc1OC(F)(F)F. The van der Waals surface area contributed by atoms with Crippen molar-refractivity contribution in [3.8, 4) is 11.8 Å². The standard InChI is InChI=1S/C12H8F3NO4/c1-2-19-11(18)9-3-8(6-17)7(5-16)4-10(9)20-12(13,14)15/h3-4,6H,2H2,1H3. The topological polar surface area (TPSA) is 76.4 Å². The van der Waals surface area contributed by atoms with E-state index in [1.807, 2.05) is 0 Å². The summed E-state index contributed by atoms with van der Waals surface area (Å²) in [5.41, 5.74) is -1.15. The van der Waals surface area contributed by atoms with Crippen LogP contribution in [-0.4, -0.2) is 25.2 Å². The van der Waals surface area contributed by atoms with E-state index in [9.17, 15) is 22.8 Å². The molecule has 1 aromatic carbocycles. The van der Waals surface area contributed by atoms with E-state index in [1.165, 1.54) is 6.92 Å². The monoisotopic (exact) mass is 287 g/mol. The Labute approximate surface area is 111 Å². The molecule has 0 heterocycles. The largest absolute Gasteiger partial charge is 0.573 e. The molecule has 0 amide bonds. The van der Waals surface area contributed by atoms with Gasteiger partial charge in [0.15, 0.2) is 6.29 Å². The number of carbonyl (C=O) groups is 2. The van der Waals surface area contributed by atoms with Crippen molar-refractivity contribution < 1.29 is 32.2 Å². The number of alkyl halides is 3. The Hall–Kier alpha value is -2.56. The average molecular weight is 287 g/mol. The number of hydrogen-bond donors (Lipinski definition) is 0. The molecule has 0 aliphatic rings. The summed E-state index contributed by atoms with van der Waals surface area (Å²) >= 11 is 0. The van der Waals surface area contributed by atoms with E-state index in [2.05, 4.69) is 9.47 Å². The van der Waals surface area contributed by atoms with Crippen LogP contribution < -0.4 is 4.74 Å². The molecular formula is C12H8F3NO4. The van der Waals surface area contributed by atoms with Crippen molar-refractivity contribution in [2.75, 3.05) is 6.61 Å². The first kappa shape index (κ1) is 15.5. The van der Waals surface area contributed by atoms with Crippen LogP contribution in [0.15, 0.2) is 12.1 Å². The zero-order chi connectivity index (χ0) is 15.3. The molecule has 0 saturated carbocycles. The Morgan fingerprint density at radius 2 is 2.10 bits per heavy atom. The third kappa shape index (κ3) is 3.71. The molecule has 0 spiro atoms.